The highest BCUT2D eigenvalue weighted by Crippen LogP contribution is 2.42. The van der Waals surface area contributed by atoms with E-state index in [1.807, 2.05) is 12.1 Å². The van der Waals surface area contributed by atoms with Crippen LogP contribution in [0.1, 0.15) is 43.2 Å². The number of para-hydroxylation sites is 1. The van der Waals surface area contributed by atoms with Gasteiger partial charge in [0.05, 0.1) is 19.8 Å². The Balaban J connectivity index is 1.78. The number of fused-ring (bicyclic) bond motifs is 1. The van der Waals surface area contributed by atoms with Crippen LogP contribution in [0.2, 0.25) is 0 Å². The van der Waals surface area contributed by atoms with Crippen molar-refractivity contribution in [2.24, 2.45) is 5.92 Å². The molecule has 1 amide bonds. The van der Waals surface area contributed by atoms with Crippen molar-refractivity contribution < 1.29 is 14.3 Å². The molecule has 0 spiro atoms. The van der Waals surface area contributed by atoms with Crippen molar-refractivity contribution in [3.63, 3.8) is 0 Å². The van der Waals surface area contributed by atoms with Crippen molar-refractivity contribution in [2.75, 3.05) is 37.5 Å². The number of nitrogens with zero attached hydrogens (tertiary/aromatic N) is 2. The summed E-state index contributed by atoms with van der Waals surface area (Å²) in [4.78, 5) is 35.2. The molecule has 4 rings (SSSR count). The highest BCUT2D eigenvalue weighted by molar-refractivity contribution is 5.94. The SMILES string of the molecule is COc1cccc([C@H]2CC(=O)Nc3nc(N4CCC(C)CC4)[nH]c(=O)c32)c1OC. The Morgan fingerprint density at radius 1 is 1.14 bits per heavy atom. The van der Waals surface area contributed by atoms with Crippen molar-refractivity contribution in [1.29, 1.82) is 0 Å². The lowest BCUT2D eigenvalue weighted by Crippen LogP contribution is -2.37. The summed E-state index contributed by atoms with van der Waals surface area (Å²) < 4.78 is 10.9. The topological polar surface area (TPSA) is 96.5 Å². The highest BCUT2D eigenvalue weighted by Gasteiger charge is 2.34. The van der Waals surface area contributed by atoms with Crippen molar-refractivity contribution in [1.82, 2.24) is 9.97 Å². The maximum atomic E-state index is 13.1. The maximum absolute atomic E-state index is 13.1. The van der Waals surface area contributed by atoms with Crippen molar-refractivity contribution in [3.8, 4) is 11.5 Å². The number of rotatable bonds is 4. The number of amides is 1. The smallest absolute Gasteiger partial charge is 0.258 e. The van der Waals surface area contributed by atoms with E-state index in [9.17, 15) is 9.59 Å². The zero-order chi connectivity index (χ0) is 20.5. The number of ether oxygens (including phenoxy) is 2. The molecule has 0 unspecified atom stereocenters. The number of hydrogen-bond donors (Lipinski definition) is 2. The van der Waals surface area contributed by atoms with Crippen LogP contribution >= 0.6 is 0 Å². The molecule has 8 nitrogen and oxygen atoms in total. The molecule has 1 aromatic carbocycles. The lowest BCUT2D eigenvalue weighted by molar-refractivity contribution is -0.116. The van der Waals surface area contributed by atoms with E-state index in [0.29, 0.717) is 34.7 Å². The van der Waals surface area contributed by atoms with E-state index >= 15 is 0 Å². The Hall–Kier alpha value is -3.03. The molecule has 8 heteroatoms. The fraction of sp³-hybridized carbons (Fsp3) is 0.476. The van der Waals surface area contributed by atoms with Gasteiger partial charge in [0.2, 0.25) is 11.9 Å². The van der Waals surface area contributed by atoms with Crippen LogP contribution in [0.3, 0.4) is 0 Å². The molecule has 2 aliphatic rings. The van der Waals surface area contributed by atoms with Crippen molar-refractivity contribution in [2.45, 2.75) is 32.1 Å². The quantitative estimate of drug-likeness (QED) is 0.821. The van der Waals surface area contributed by atoms with Gasteiger partial charge in [0.15, 0.2) is 11.5 Å². The van der Waals surface area contributed by atoms with Crippen molar-refractivity contribution >= 4 is 17.7 Å². The van der Waals surface area contributed by atoms with Crippen LogP contribution in [0.25, 0.3) is 0 Å². The number of methoxy groups -OCH3 is 2. The largest absolute Gasteiger partial charge is 0.493 e. The van der Waals surface area contributed by atoms with Gasteiger partial charge in [0, 0.05) is 31.0 Å². The Kier molecular flexibility index (Phi) is 5.17. The number of anilines is 2. The summed E-state index contributed by atoms with van der Waals surface area (Å²) in [5.41, 5.74) is 0.943. The zero-order valence-electron chi connectivity index (χ0n) is 16.9. The van der Waals surface area contributed by atoms with Gasteiger partial charge < -0.3 is 19.7 Å². The number of benzene rings is 1. The lowest BCUT2D eigenvalue weighted by Gasteiger charge is -2.32. The summed E-state index contributed by atoms with van der Waals surface area (Å²) in [6.07, 6.45) is 2.25. The second-order valence-electron chi connectivity index (χ2n) is 7.71. The van der Waals surface area contributed by atoms with Gasteiger partial charge in [-0.05, 0) is 24.8 Å². The normalized spacial score (nSPS) is 19.5. The van der Waals surface area contributed by atoms with Crippen molar-refractivity contribution in [3.05, 3.63) is 39.7 Å². The second-order valence-corrected chi connectivity index (χ2v) is 7.71. The summed E-state index contributed by atoms with van der Waals surface area (Å²) in [5.74, 6) is 1.95. The van der Waals surface area contributed by atoms with Gasteiger partial charge in [-0.25, -0.2) is 0 Å². The molecule has 1 atom stereocenters. The third kappa shape index (κ3) is 3.54. The predicted octanol–water partition coefficient (Wildman–Crippen LogP) is 2.50. The summed E-state index contributed by atoms with van der Waals surface area (Å²) in [6, 6.07) is 5.47. The number of nitrogens with one attached hydrogen (secondary N) is 2. The van der Waals surface area contributed by atoms with Crippen LogP contribution in [0.15, 0.2) is 23.0 Å². The highest BCUT2D eigenvalue weighted by atomic mass is 16.5. The predicted molar refractivity (Wildman–Crippen MR) is 110 cm³/mol. The molecule has 154 valence electrons. The molecular weight excluding hydrogens is 372 g/mol. The van der Waals surface area contributed by atoms with E-state index in [0.717, 1.165) is 31.5 Å². The molecule has 1 saturated heterocycles. The number of hydrogen-bond acceptors (Lipinski definition) is 6. The van der Waals surface area contributed by atoms with E-state index < -0.39 is 5.92 Å². The fourth-order valence-corrected chi connectivity index (χ4v) is 4.18. The monoisotopic (exact) mass is 398 g/mol. The minimum atomic E-state index is -0.463. The molecule has 1 aromatic heterocycles. The fourth-order valence-electron chi connectivity index (χ4n) is 4.18. The summed E-state index contributed by atoms with van der Waals surface area (Å²) >= 11 is 0. The third-order valence-electron chi connectivity index (χ3n) is 5.83. The van der Waals surface area contributed by atoms with E-state index in [2.05, 4.69) is 27.1 Å². The molecule has 1 fully saturated rings. The van der Waals surface area contributed by atoms with E-state index in [4.69, 9.17) is 9.47 Å². The van der Waals surface area contributed by atoms with Gasteiger partial charge in [-0.2, -0.15) is 4.98 Å². The third-order valence-corrected chi connectivity index (χ3v) is 5.83. The number of aromatic amines is 1. The summed E-state index contributed by atoms with van der Waals surface area (Å²) in [5, 5.41) is 2.79. The van der Waals surface area contributed by atoms with E-state index in [1.165, 1.54) is 0 Å². The maximum Gasteiger partial charge on any atom is 0.258 e. The molecule has 2 N–H and O–H groups in total. The van der Waals surface area contributed by atoms with Crippen LogP contribution in [0, 0.1) is 5.92 Å². The zero-order valence-corrected chi connectivity index (χ0v) is 16.9. The molecule has 0 radical (unpaired) electrons. The van der Waals surface area contributed by atoms with Crippen LogP contribution < -0.4 is 25.2 Å². The van der Waals surface area contributed by atoms with Gasteiger partial charge in [-0.15, -0.1) is 0 Å². The average Bonchev–Trinajstić information content (AvgIpc) is 2.72. The van der Waals surface area contributed by atoms with Gasteiger partial charge in [0.25, 0.3) is 5.56 Å². The molecule has 2 aromatic rings. The molecular formula is C21H26N4O4. The minimum absolute atomic E-state index is 0.141. The van der Waals surface area contributed by atoms with Crippen LogP contribution in [0.5, 0.6) is 11.5 Å². The van der Waals surface area contributed by atoms with Crippen LogP contribution in [0.4, 0.5) is 11.8 Å². The Labute approximate surface area is 169 Å². The Morgan fingerprint density at radius 2 is 1.90 bits per heavy atom. The first-order valence-electron chi connectivity index (χ1n) is 9.91. The number of carbonyl (C=O) groups is 1. The van der Waals surface area contributed by atoms with E-state index in [1.54, 1.807) is 20.3 Å². The number of carbonyl (C=O) groups excluding carboxylic acids is 1. The summed E-state index contributed by atoms with van der Waals surface area (Å²) in [7, 11) is 3.11. The number of H-pyrrole nitrogens is 1. The minimum Gasteiger partial charge on any atom is -0.493 e. The first kappa shape index (κ1) is 19.3. The second kappa shape index (κ2) is 7.77. The molecule has 29 heavy (non-hydrogen) atoms. The van der Waals surface area contributed by atoms with E-state index in [-0.39, 0.29) is 17.9 Å². The molecule has 0 aliphatic carbocycles. The Bertz CT molecular complexity index is 979. The van der Waals surface area contributed by atoms with Gasteiger partial charge in [0.1, 0.15) is 5.82 Å². The molecule has 0 saturated carbocycles. The summed E-state index contributed by atoms with van der Waals surface area (Å²) in [6.45, 7) is 3.90. The van der Waals surface area contributed by atoms with Gasteiger partial charge >= 0.3 is 0 Å². The molecule has 2 aliphatic heterocycles. The van der Waals surface area contributed by atoms with Gasteiger partial charge in [-0.3, -0.25) is 14.6 Å². The number of piperidine rings is 1. The molecule has 0 bridgehead atoms. The first-order valence-corrected chi connectivity index (χ1v) is 9.91. The first-order chi connectivity index (χ1) is 14.0. The standard InChI is InChI=1S/C21H26N4O4/c1-12-7-9-25(10-8-12)21-23-19-17(20(27)24-21)14(11-16(26)22-19)13-5-4-6-15(28-2)18(13)29-3/h4-6,12,14H,7-11H2,1-3H3,(H2,22,23,24,26,27)/t14-/m1/s1. The van der Waals surface area contributed by atoms with Gasteiger partial charge in [-0.1, -0.05) is 19.1 Å². The Morgan fingerprint density at radius 3 is 2.59 bits per heavy atom. The van der Waals surface area contributed by atoms with Crippen LogP contribution in [-0.4, -0.2) is 43.2 Å². The number of aromatic nitrogens is 2. The lowest BCUT2D eigenvalue weighted by atomic mass is 9.86. The van der Waals surface area contributed by atoms with Crippen LogP contribution in [-0.2, 0) is 4.79 Å². The average molecular weight is 398 g/mol. The molecule has 3 heterocycles.